The van der Waals surface area contributed by atoms with Crippen LogP contribution in [0.25, 0.3) is 0 Å². The van der Waals surface area contributed by atoms with Crippen LogP contribution in [-0.4, -0.2) is 19.0 Å². The van der Waals surface area contributed by atoms with Crippen molar-refractivity contribution in [3.63, 3.8) is 0 Å². The monoisotopic (exact) mass is 481 g/mol. The first kappa shape index (κ1) is 21.6. The number of rotatable bonds is 5. The minimum absolute atomic E-state index is 0.0477. The van der Waals surface area contributed by atoms with Crippen LogP contribution in [-0.2, 0) is 17.5 Å². The molecule has 0 saturated carbocycles. The molecule has 9 heteroatoms. The molecule has 5 nitrogen and oxygen atoms in total. The van der Waals surface area contributed by atoms with Gasteiger partial charge in [0.05, 0.1) is 30.5 Å². The standard InChI is InChI=1S/C21H15BrF3NO4/c1-29-20(28)15-7-2-3-8-16(15)26(19(27)17-9-10-18(22)30-17)12-13-5-4-6-14(11-13)21(23,24)25/h2-11H,12H2,1H3. The molecule has 0 unspecified atom stereocenters. The number of methoxy groups -OCH3 is 1. The summed E-state index contributed by atoms with van der Waals surface area (Å²) in [5.41, 5.74) is -0.344. The van der Waals surface area contributed by atoms with Crippen LogP contribution < -0.4 is 4.90 Å². The second-order valence-corrected chi connectivity index (χ2v) is 6.98. The molecule has 1 heterocycles. The average Bonchev–Trinajstić information content (AvgIpc) is 3.17. The van der Waals surface area contributed by atoms with Crippen LogP contribution in [0.5, 0.6) is 0 Å². The van der Waals surface area contributed by atoms with E-state index in [0.717, 1.165) is 12.1 Å². The minimum Gasteiger partial charge on any atom is -0.465 e. The number of halogens is 4. The van der Waals surface area contributed by atoms with Crippen LogP contribution in [0.2, 0.25) is 0 Å². The zero-order valence-corrected chi connectivity index (χ0v) is 17.2. The maximum atomic E-state index is 13.1. The lowest BCUT2D eigenvalue weighted by atomic mass is 10.1. The zero-order chi connectivity index (χ0) is 21.9. The predicted molar refractivity (Wildman–Crippen MR) is 106 cm³/mol. The summed E-state index contributed by atoms with van der Waals surface area (Å²) >= 11 is 3.12. The highest BCUT2D eigenvalue weighted by Crippen LogP contribution is 2.31. The van der Waals surface area contributed by atoms with Crippen LogP contribution in [0.1, 0.15) is 32.0 Å². The number of carbonyl (C=O) groups excluding carboxylic acids is 2. The Morgan fingerprint density at radius 3 is 2.43 bits per heavy atom. The van der Waals surface area contributed by atoms with Crippen molar-refractivity contribution in [3.05, 3.63) is 87.8 Å². The van der Waals surface area contributed by atoms with Crippen molar-refractivity contribution in [2.45, 2.75) is 12.7 Å². The van der Waals surface area contributed by atoms with Gasteiger partial charge in [0.15, 0.2) is 10.4 Å². The Morgan fingerprint density at radius 1 is 1.07 bits per heavy atom. The molecule has 0 aliphatic heterocycles. The van der Waals surface area contributed by atoms with Crippen molar-refractivity contribution < 1.29 is 31.9 Å². The highest BCUT2D eigenvalue weighted by molar-refractivity contribution is 9.10. The first-order valence-electron chi connectivity index (χ1n) is 8.61. The van der Waals surface area contributed by atoms with Crippen molar-refractivity contribution in [1.29, 1.82) is 0 Å². The Morgan fingerprint density at radius 2 is 1.80 bits per heavy atom. The van der Waals surface area contributed by atoms with Crippen LogP contribution in [0.15, 0.2) is 69.8 Å². The molecule has 0 saturated heterocycles. The average molecular weight is 482 g/mol. The second-order valence-electron chi connectivity index (χ2n) is 6.20. The van der Waals surface area contributed by atoms with Crippen molar-refractivity contribution in [2.75, 3.05) is 12.0 Å². The van der Waals surface area contributed by atoms with Crippen LogP contribution in [0.4, 0.5) is 18.9 Å². The van der Waals surface area contributed by atoms with Gasteiger partial charge in [0.2, 0.25) is 0 Å². The van der Waals surface area contributed by atoms with Gasteiger partial charge in [-0.25, -0.2) is 4.79 Å². The molecule has 3 aromatic rings. The van der Waals surface area contributed by atoms with Gasteiger partial charge < -0.3 is 14.1 Å². The predicted octanol–water partition coefficient (Wildman–Crippen LogP) is 5.69. The largest absolute Gasteiger partial charge is 0.465 e. The maximum Gasteiger partial charge on any atom is 0.416 e. The minimum atomic E-state index is -4.53. The van der Waals surface area contributed by atoms with Crippen molar-refractivity contribution in [1.82, 2.24) is 0 Å². The van der Waals surface area contributed by atoms with E-state index in [0.29, 0.717) is 4.67 Å². The Bertz CT molecular complexity index is 1080. The van der Waals surface area contributed by atoms with E-state index in [4.69, 9.17) is 9.15 Å². The molecule has 0 fully saturated rings. The van der Waals surface area contributed by atoms with E-state index < -0.39 is 23.6 Å². The Balaban J connectivity index is 2.08. The maximum absolute atomic E-state index is 13.1. The first-order chi connectivity index (χ1) is 14.2. The number of anilines is 1. The van der Waals surface area contributed by atoms with Gasteiger partial charge in [0, 0.05) is 0 Å². The lowest BCUT2D eigenvalue weighted by Crippen LogP contribution is -2.31. The summed E-state index contributed by atoms with van der Waals surface area (Å²) in [7, 11) is 1.20. The first-order valence-corrected chi connectivity index (χ1v) is 9.40. The molecule has 30 heavy (non-hydrogen) atoms. The summed E-state index contributed by atoms with van der Waals surface area (Å²) in [5, 5.41) is 0. The highest BCUT2D eigenvalue weighted by atomic mass is 79.9. The molecular formula is C21H15BrF3NO4. The van der Waals surface area contributed by atoms with Gasteiger partial charge in [0.1, 0.15) is 0 Å². The molecule has 1 amide bonds. The summed E-state index contributed by atoms with van der Waals surface area (Å²) in [5.74, 6) is -1.36. The fraction of sp³-hybridized carbons (Fsp3) is 0.143. The number of esters is 1. The van der Waals surface area contributed by atoms with Gasteiger partial charge >= 0.3 is 12.1 Å². The van der Waals surface area contributed by atoms with Crippen molar-refractivity contribution in [3.8, 4) is 0 Å². The number of hydrogen-bond donors (Lipinski definition) is 0. The van der Waals surface area contributed by atoms with Crippen molar-refractivity contribution >= 4 is 33.5 Å². The summed E-state index contributed by atoms with van der Waals surface area (Å²) < 4.78 is 49.7. The topological polar surface area (TPSA) is 59.8 Å². The van der Waals surface area contributed by atoms with E-state index >= 15 is 0 Å². The molecule has 0 aliphatic carbocycles. The van der Waals surface area contributed by atoms with Gasteiger partial charge in [-0.3, -0.25) is 4.79 Å². The lowest BCUT2D eigenvalue weighted by Gasteiger charge is -2.24. The smallest absolute Gasteiger partial charge is 0.416 e. The quantitative estimate of drug-likeness (QED) is 0.439. The van der Waals surface area contributed by atoms with Gasteiger partial charge in [0.25, 0.3) is 5.91 Å². The zero-order valence-electron chi connectivity index (χ0n) is 15.6. The number of amides is 1. The van der Waals surface area contributed by atoms with E-state index in [9.17, 15) is 22.8 Å². The second kappa shape index (κ2) is 8.74. The Labute approximate surface area is 178 Å². The third-order valence-corrected chi connectivity index (χ3v) is 4.65. The molecule has 0 aliphatic rings. The van der Waals surface area contributed by atoms with E-state index in [1.807, 2.05) is 0 Å². The number of hydrogen-bond acceptors (Lipinski definition) is 4. The SMILES string of the molecule is COC(=O)c1ccccc1N(Cc1cccc(C(F)(F)F)c1)C(=O)c1ccc(Br)o1. The van der Waals surface area contributed by atoms with Gasteiger partial charge in [-0.2, -0.15) is 13.2 Å². The van der Waals surface area contributed by atoms with Crippen LogP contribution >= 0.6 is 15.9 Å². The normalized spacial score (nSPS) is 11.2. The van der Waals surface area contributed by atoms with Crippen LogP contribution in [0.3, 0.4) is 0 Å². The molecule has 0 atom stereocenters. The highest BCUT2D eigenvalue weighted by Gasteiger charge is 2.31. The molecule has 156 valence electrons. The van der Waals surface area contributed by atoms with Gasteiger partial charge in [-0.1, -0.05) is 24.3 Å². The Kier molecular flexibility index (Phi) is 6.31. The van der Waals surface area contributed by atoms with Crippen LogP contribution in [0, 0.1) is 0 Å². The number of para-hydroxylation sites is 1. The third-order valence-electron chi connectivity index (χ3n) is 4.22. The fourth-order valence-corrected chi connectivity index (χ4v) is 3.16. The van der Waals surface area contributed by atoms with E-state index in [-0.39, 0.29) is 29.1 Å². The number of benzene rings is 2. The van der Waals surface area contributed by atoms with E-state index in [1.54, 1.807) is 12.1 Å². The summed E-state index contributed by atoms with van der Waals surface area (Å²) in [6.45, 7) is -0.227. The number of nitrogens with zero attached hydrogens (tertiary/aromatic N) is 1. The third kappa shape index (κ3) is 4.73. The van der Waals surface area contributed by atoms with Gasteiger partial charge in [-0.05, 0) is 57.9 Å². The number of ether oxygens (including phenoxy) is 1. The number of carbonyl (C=O) groups is 2. The summed E-state index contributed by atoms with van der Waals surface area (Å²) in [4.78, 5) is 26.5. The molecule has 0 bridgehead atoms. The van der Waals surface area contributed by atoms with E-state index in [2.05, 4.69) is 15.9 Å². The Hall–Kier alpha value is -3.07. The number of alkyl halides is 3. The van der Waals surface area contributed by atoms with E-state index in [1.165, 1.54) is 48.4 Å². The molecule has 0 spiro atoms. The summed E-state index contributed by atoms with van der Waals surface area (Å²) in [6.07, 6.45) is -4.53. The molecule has 3 rings (SSSR count). The summed E-state index contributed by atoms with van der Waals surface area (Å²) in [6, 6.07) is 13.7. The molecule has 2 aromatic carbocycles. The fourth-order valence-electron chi connectivity index (χ4n) is 2.85. The molecule has 1 aromatic heterocycles. The van der Waals surface area contributed by atoms with Crippen molar-refractivity contribution in [2.24, 2.45) is 0 Å². The lowest BCUT2D eigenvalue weighted by molar-refractivity contribution is -0.137. The molecular weight excluding hydrogens is 467 g/mol. The number of furan rings is 1. The molecule has 0 N–H and O–H groups in total. The van der Waals surface area contributed by atoms with Gasteiger partial charge in [-0.15, -0.1) is 0 Å². The molecule has 0 radical (unpaired) electrons.